The van der Waals surface area contributed by atoms with Crippen LogP contribution in [0.2, 0.25) is 0 Å². The van der Waals surface area contributed by atoms with E-state index in [0.717, 1.165) is 0 Å². The average molecular weight is 361 g/mol. The molecule has 0 radical (unpaired) electrons. The summed E-state index contributed by atoms with van der Waals surface area (Å²) in [4.78, 5) is 7.96. The molecule has 0 unspecified atom stereocenters. The Morgan fingerprint density at radius 1 is 1.12 bits per heavy atom. The van der Waals surface area contributed by atoms with Crippen LogP contribution in [0.4, 0.5) is 5.82 Å². The van der Waals surface area contributed by atoms with Crippen molar-refractivity contribution in [1.82, 2.24) is 19.7 Å². The van der Waals surface area contributed by atoms with E-state index in [4.69, 9.17) is 9.47 Å². The van der Waals surface area contributed by atoms with Gasteiger partial charge in [0, 0.05) is 24.5 Å². The van der Waals surface area contributed by atoms with Crippen LogP contribution in [0.5, 0.6) is 11.5 Å². The minimum absolute atomic E-state index is 0.0324. The van der Waals surface area contributed by atoms with Gasteiger partial charge in [-0.15, -0.1) is 0 Å². The summed E-state index contributed by atoms with van der Waals surface area (Å²) < 4.78 is 39.5. The molecule has 0 spiro atoms. The lowest BCUT2D eigenvalue weighted by Crippen LogP contribution is -2.15. The Hall–Kier alpha value is -3.14. The summed E-state index contributed by atoms with van der Waals surface area (Å²) >= 11 is 0. The van der Waals surface area contributed by atoms with Gasteiger partial charge in [-0.1, -0.05) is 0 Å². The van der Waals surface area contributed by atoms with Gasteiger partial charge in [-0.25, -0.2) is 23.1 Å². The zero-order valence-corrected chi connectivity index (χ0v) is 14.3. The number of nitrogens with one attached hydrogen (secondary N) is 1. The number of benzene rings is 1. The van der Waals surface area contributed by atoms with Gasteiger partial charge in [0.15, 0.2) is 5.82 Å². The summed E-state index contributed by atoms with van der Waals surface area (Å²) in [7, 11) is -1.05. The second-order valence-corrected chi connectivity index (χ2v) is 6.49. The van der Waals surface area contributed by atoms with Crippen molar-refractivity contribution >= 4 is 15.8 Å². The van der Waals surface area contributed by atoms with E-state index < -0.39 is 10.0 Å². The Labute approximate surface area is 144 Å². The second kappa shape index (κ2) is 6.77. The third kappa shape index (κ3) is 3.53. The van der Waals surface area contributed by atoms with Crippen molar-refractivity contribution in [2.24, 2.45) is 0 Å². The number of aromatic nitrogens is 4. The normalized spacial score (nSPS) is 11.1. The number of methoxy groups -OCH3 is 2. The standard InChI is InChI=1S/C15H15N5O4S/c1-23-11-4-5-13(12(8-11)24-2)25(21,22)19-14-9-15(17-10-16-14)20-7-3-6-18-20/h3-10H,1-2H3,(H,16,17,19). The molecule has 3 aromatic rings. The van der Waals surface area contributed by atoms with E-state index in [2.05, 4.69) is 19.8 Å². The number of anilines is 1. The molecule has 130 valence electrons. The fraction of sp³-hybridized carbons (Fsp3) is 0.133. The van der Waals surface area contributed by atoms with Gasteiger partial charge in [0.25, 0.3) is 10.0 Å². The predicted octanol–water partition coefficient (Wildman–Crippen LogP) is 1.48. The molecule has 3 rings (SSSR count). The van der Waals surface area contributed by atoms with E-state index in [0.29, 0.717) is 11.6 Å². The topological polar surface area (TPSA) is 108 Å². The van der Waals surface area contributed by atoms with Gasteiger partial charge < -0.3 is 9.47 Å². The Morgan fingerprint density at radius 2 is 1.96 bits per heavy atom. The van der Waals surface area contributed by atoms with E-state index in [-0.39, 0.29) is 16.5 Å². The number of sulfonamides is 1. The molecule has 1 aromatic carbocycles. The number of rotatable bonds is 6. The molecule has 0 saturated carbocycles. The Morgan fingerprint density at radius 3 is 2.64 bits per heavy atom. The number of hydrogen-bond acceptors (Lipinski definition) is 7. The third-order valence-electron chi connectivity index (χ3n) is 3.29. The van der Waals surface area contributed by atoms with Crippen LogP contribution in [-0.4, -0.2) is 42.4 Å². The van der Waals surface area contributed by atoms with Gasteiger partial charge in [-0.3, -0.25) is 4.72 Å². The number of nitrogens with zero attached hydrogens (tertiary/aromatic N) is 4. The van der Waals surface area contributed by atoms with Crippen molar-refractivity contribution < 1.29 is 17.9 Å². The minimum atomic E-state index is -3.92. The maximum atomic E-state index is 12.7. The molecule has 25 heavy (non-hydrogen) atoms. The first kappa shape index (κ1) is 16.7. The highest BCUT2D eigenvalue weighted by Crippen LogP contribution is 2.29. The fourth-order valence-electron chi connectivity index (χ4n) is 2.12. The van der Waals surface area contributed by atoms with Crippen LogP contribution in [0.3, 0.4) is 0 Å². The highest BCUT2D eigenvalue weighted by Gasteiger charge is 2.21. The predicted molar refractivity (Wildman–Crippen MR) is 89.5 cm³/mol. The Balaban J connectivity index is 1.93. The summed E-state index contributed by atoms with van der Waals surface area (Å²) in [6.45, 7) is 0. The molecular formula is C15H15N5O4S. The van der Waals surface area contributed by atoms with Crippen LogP contribution in [0.15, 0.2) is 53.9 Å². The van der Waals surface area contributed by atoms with E-state index in [1.807, 2.05) is 0 Å². The lowest BCUT2D eigenvalue weighted by Gasteiger charge is -2.12. The van der Waals surface area contributed by atoms with Crippen LogP contribution in [0.1, 0.15) is 0 Å². The lowest BCUT2D eigenvalue weighted by molar-refractivity contribution is 0.386. The minimum Gasteiger partial charge on any atom is -0.497 e. The average Bonchev–Trinajstić information content (AvgIpc) is 3.15. The van der Waals surface area contributed by atoms with Crippen LogP contribution in [0.25, 0.3) is 5.82 Å². The zero-order chi connectivity index (χ0) is 17.9. The molecule has 0 aliphatic heterocycles. The van der Waals surface area contributed by atoms with Gasteiger partial charge in [-0.2, -0.15) is 5.10 Å². The van der Waals surface area contributed by atoms with Crippen molar-refractivity contribution in [3.8, 4) is 17.3 Å². The largest absolute Gasteiger partial charge is 0.497 e. The second-order valence-electron chi connectivity index (χ2n) is 4.83. The first-order valence-electron chi connectivity index (χ1n) is 7.10. The molecule has 0 bridgehead atoms. The molecule has 0 aliphatic carbocycles. The molecule has 0 aliphatic rings. The van der Waals surface area contributed by atoms with E-state index >= 15 is 0 Å². The van der Waals surface area contributed by atoms with Crippen molar-refractivity contribution in [1.29, 1.82) is 0 Å². The van der Waals surface area contributed by atoms with Gasteiger partial charge in [0.2, 0.25) is 0 Å². The summed E-state index contributed by atoms with van der Waals surface area (Å²) in [6, 6.07) is 7.63. The van der Waals surface area contributed by atoms with Crippen molar-refractivity contribution in [3.05, 3.63) is 49.1 Å². The lowest BCUT2D eigenvalue weighted by atomic mass is 10.3. The molecule has 10 heteroatoms. The maximum Gasteiger partial charge on any atom is 0.266 e. The molecular weight excluding hydrogens is 346 g/mol. The summed E-state index contributed by atoms with van der Waals surface area (Å²) in [5.41, 5.74) is 0. The summed E-state index contributed by atoms with van der Waals surface area (Å²) in [5.74, 6) is 1.18. The van der Waals surface area contributed by atoms with Crippen molar-refractivity contribution in [2.45, 2.75) is 4.90 Å². The first-order valence-corrected chi connectivity index (χ1v) is 8.59. The van der Waals surface area contributed by atoms with Crippen molar-refractivity contribution in [3.63, 3.8) is 0 Å². The van der Waals surface area contributed by atoms with Gasteiger partial charge >= 0.3 is 0 Å². The van der Waals surface area contributed by atoms with E-state index in [1.54, 1.807) is 18.5 Å². The molecule has 0 fully saturated rings. The smallest absolute Gasteiger partial charge is 0.266 e. The Kier molecular flexibility index (Phi) is 4.52. The SMILES string of the molecule is COc1ccc(S(=O)(=O)Nc2cc(-n3cccn3)ncn2)c(OC)c1. The van der Waals surface area contributed by atoms with Crippen LogP contribution >= 0.6 is 0 Å². The van der Waals surface area contributed by atoms with E-state index in [9.17, 15) is 8.42 Å². The van der Waals surface area contributed by atoms with Crippen LogP contribution in [-0.2, 0) is 10.0 Å². The number of ether oxygens (including phenoxy) is 2. The monoisotopic (exact) mass is 361 g/mol. The summed E-state index contributed by atoms with van der Waals surface area (Å²) in [5, 5.41) is 4.04. The quantitative estimate of drug-likeness (QED) is 0.708. The van der Waals surface area contributed by atoms with Crippen LogP contribution < -0.4 is 14.2 Å². The van der Waals surface area contributed by atoms with Crippen LogP contribution in [0, 0.1) is 0 Å². The molecule has 1 N–H and O–H groups in total. The fourth-order valence-corrected chi connectivity index (χ4v) is 3.27. The van der Waals surface area contributed by atoms with Gasteiger partial charge in [-0.05, 0) is 18.2 Å². The Bertz CT molecular complexity index is 973. The van der Waals surface area contributed by atoms with E-state index in [1.165, 1.54) is 49.5 Å². The van der Waals surface area contributed by atoms with Crippen molar-refractivity contribution in [2.75, 3.05) is 18.9 Å². The van der Waals surface area contributed by atoms with Gasteiger partial charge in [0.05, 0.1) is 14.2 Å². The summed E-state index contributed by atoms with van der Waals surface area (Å²) in [6.07, 6.45) is 4.53. The number of hydrogen-bond donors (Lipinski definition) is 1. The molecule has 2 heterocycles. The van der Waals surface area contributed by atoms with Gasteiger partial charge in [0.1, 0.15) is 28.5 Å². The molecule has 0 saturated heterocycles. The maximum absolute atomic E-state index is 12.7. The third-order valence-corrected chi connectivity index (χ3v) is 4.69. The molecule has 9 nitrogen and oxygen atoms in total. The first-order chi connectivity index (χ1) is 12.0. The molecule has 2 aromatic heterocycles. The highest BCUT2D eigenvalue weighted by molar-refractivity contribution is 7.92. The molecule has 0 atom stereocenters. The highest BCUT2D eigenvalue weighted by atomic mass is 32.2. The molecule has 0 amide bonds. The zero-order valence-electron chi connectivity index (χ0n) is 13.4.